The second kappa shape index (κ2) is 4.49. The fraction of sp³-hybridized carbons (Fsp3) is 0.333. The second-order valence-electron chi connectivity index (χ2n) is 4.23. The first kappa shape index (κ1) is 12.7. The lowest BCUT2D eigenvalue weighted by atomic mass is 10.0. The number of carbonyl (C=O) groups is 2. The van der Waals surface area contributed by atoms with Crippen LogP contribution in [0.5, 0.6) is 0 Å². The van der Waals surface area contributed by atoms with E-state index in [0.717, 1.165) is 5.69 Å². The molecular formula is C12H13ClN2O3. The molecule has 1 aliphatic rings. The van der Waals surface area contributed by atoms with Crippen LogP contribution in [0, 0.1) is 0 Å². The molecule has 0 fully saturated rings. The number of amides is 1. The number of fused-ring (bicyclic) bond motifs is 1. The van der Waals surface area contributed by atoms with Gasteiger partial charge in [0.25, 0.3) is 0 Å². The van der Waals surface area contributed by atoms with Crippen LogP contribution in [-0.2, 0) is 9.59 Å². The lowest BCUT2D eigenvalue weighted by Gasteiger charge is -2.39. The van der Waals surface area contributed by atoms with E-state index in [0.29, 0.717) is 10.7 Å². The normalized spacial score (nSPS) is 18.8. The molecule has 0 bridgehead atoms. The maximum atomic E-state index is 12.1. The zero-order chi connectivity index (χ0) is 13.4. The third-order valence-corrected chi connectivity index (χ3v) is 3.44. The molecule has 0 saturated carbocycles. The van der Waals surface area contributed by atoms with E-state index >= 15 is 0 Å². The molecule has 96 valence electrons. The molecule has 1 atom stereocenters. The number of carboxylic acid groups (broad SMARTS) is 1. The number of carboxylic acids is 1. The van der Waals surface area contributed by atoms with Gasteiger partial charge in [-0.3, -0.25) is 9.59 Å². The lowest BCUT2D eigenvalue weighted by Crippen LogP contribution is -2.51. The van der Waals surface area contributed by atoms with E-state index in [9.17, 15) is 9.59 Å². The molecule has 0 saturated heterocycles. The van der Waals surface area contributed by atoms with Gasteiger partial charge in [-0.15, -0.1) is 0 Å². The van der Waals surface area contributed by atoms with Gasteiger partial charge in [0.15, 0.2) is 0 Å². The third-order valence-electron chi connectivity index (χ3n) is 3.13. The molecule has 18 heavy (non-hydrogen) atoms. The second-order valence-corrected chi connectivity index (χ2v) is 4.64. The van der Waals surface area contributed by atoms with Crippen molar-refractivity contribution in [3.8, 4) is 0 Å². The van der Waals surface area contributed by atoms with Gasteiger partial charge in [0, 0.05) is 14.1 Å². The summed E-state index contributed by atoms with van der Waals surface area (Å²) < 4.78 is 0. The lowest BCUT2D eigenvalue weighted by molar-refractivity contribution is -0.139. The number of anilines is 2. The SMILES string of the molecule is CN1C(=O)C(CC(=O)O)N(C)c2cccc(Cl)c21. The van der Waals surface area contributed by atoms with Crippen molar-refractivity contribution in [3.63, 3.8) is 0 Å². The Hall–Kier alpha value is -1.75. The van der Waals surface area contributed by atoms with Crippen molar-refractivity contribution in [1.82, 2.24) is 0 Å². The van der Waals surface area contributed by atoms with E-state index in [2.05, 4.69) is 0 Å². The maximum Gasteiger partial charge on any atom is 0.305 e. The molecule has 2 rings (SSSR count). The monoisotopic (exact) mass is 268 g/mol. The predicted octanol–water partition coefficient (Wildman–Crippen LogP) is 1.60. The molecule has 0 radical (unpaired) electrons. The van der Waals surface area contributed by atoms with E-state index < -0.39 is 12.0 Å². The van der Waals surface area contributed by atoms with Crippen LogP contribution in [0.2, 0.25) is 5.02 Å². The smallest absolute Gasteiger partial charge is 0.305 e. The summed E-state index contributed by atoms with van der Waals surface area (Å²) in [7, 11) is 3.31. The quantitative estimate of drug-likeness (QED) is 0.885. The molecule has 0 aromatic heterocycles. The van der Waals surface area contributed by atoms with Gasteiger partial charge in [0.05, 0.1) is 22.8 Å². The highest BCUT2D eigenvalue weighted by atomic mass is 35.5. The Morgan fingerprint density at radius 2 is 2.11 bits per heavy atom. The van der Waals surface area contributed by atoms with Crippen molar-refractivity contribution in [1.29, 1.82) is 0 Å². The summed E-state index contributed by atoms with van der Waals surface area (Å²) in [6.45, 7) is 0. The van der Waals surface area contributed by atoms with Crippen LogP contribution >= 0.6 is 11.6 Å². The van der Waals surface area contributed by atoms with Gasteiger partial charge in [-0.2, -0.15) is 0 Å². The summed E-state index contributed by atoms with van der Waals surface area (Å²) in [5, 5.41) is 9.34. The molecule has 1 aromatic rings. The van der Waals surface area contributed by atoms with E-state index in [4.69, 9.17) is 16.7 Å². The number of nitrogens with zero attached hydrogens (tertiary/aromatic N) is 2. The van der Waals surface area contributed by atoms with Gasteiger partial charge >= 0.3 is 5.97 Å². The van der Waals surface area contributed by atoms with Crippen LogP contribution in [0.3, 0.4) is 0 Å². The maximum absolute atomic E-state index is 12.1. The number of halogens is 1. The fourth-order valence-electron chi connectivity index (χ4n) is 2.18. The van der Waals surface area contributed by atoms with E-state index in [1.165, 1.54) is 4.90 Å². The Labute approximate surface area is 110 Å². The van der Waals surface area contributed by atoms with Crippen LogP contribution in [0.1, 0.15) is 6.42 Å². The van der Waals surface area contributed by atoms with Crippen LogP contribution in [0.4, 0.5) is 11.4 Å². The Bertz CT molecular complexity index is 518. The largest absolute Gasteiger partial charge is 0.481 e. The zero-order valence-electron chi connectivity index (χ0n) is 10.1. The molecule has 5 nitrogen and oxygen atoms in total. The molecule has 1 aromatic carbocycles. The molecule has 0 spiro atoms. The summed E-state index contributed by atoms with van der Waals surface area (Å²) in [6, 6.07) is 4.60. The number of hydrogen-bond acceptors (Lipinski definition) is 3. The molecular weight excluding hydrogens is 256 g/mol. The third kappa shape index (κ3) is 1.90. The van der Waals surface area contributed by atoms with Crippen molar-refractivity contribution in [2.45, 2.75) is 12.5 Å². The van der Waals surface area contributed by atoms with Crippen molar-refractivity contribution < 1.29 is 14.7 Å². The summed E-state index contributed by atoms with van der Waals surface area (Å²) in [5.74, 6) is -1.26. The minimum Gasteiger partial charge on any atom is -0.481 e. The Balaban J connectivity index is 2.50. The predicted molar refractivity (Wildman–Crippen MR) is 69.3 cm³/mol. The van der Waals surface area contributed by atoms with E-state index in [1.54, 1.807) is 31.1 Å². The van der Waals surface area contributed by atoms with Crippen molar-refractivity contribution >= 4 is 34.9 Å². The van der Waals surface area contributed by atoms with Crippen molar-refractivity contribution in [3.05, 3.63) is 23.2 Å². The first-order valence-corrected chi connectivity index (χ1v) is 5.82. The Kier molecular flexibility index (Phi) is 3.17. The highest BCUT2D eigenvalue weighted by Crippen LogP contribution is 2.40. The highest BCUT2D eigenvalue weighted by Gasteiger charge is 2.36. The fourth-order valence-corrected chi connectivity index (χ4v) is 2.47. The standard InChI is InChI=1S/C12H13ClN2O3/c1-14-8-5-3-4-7(13)11(8)15(2)12(18)9(14)6-10(16)17/h3-5,9H,6H2,1-2H3,(H,16,17). The average Bonchev–Trinajstić information content (AvgIpc) is 2.31. The molecule has 6 heteroatoms. The van der Waals surface area contributed by atoms with E-state index in [-0.39, 0.29) is 12.3 Å². The zero-order valence-corrected chi connectivity index (χ0v) is 10.8. The van der Waals surface area contributed by atoms with Crippen LogP contribution in [0.15, 0.2) is 18.2 Å². The number of carbonyl (C=O) groups excluding carboxylic acids is 1. The number of likely N-dealkylation sites (N-methyl/N-ethyl adjacent to an activating group) is 2. The van der Waals surface area contributed by atoms with Crippen LogP contribution in [0.25, 0.3) is 0 Å². The van der Waals surface area contributed by atoms with Crippen molar-refractivity contribution in [2.75, 3.05) is 23.9 Å². The summed E-state index contributed by atoms with van der Waals surface area (Å²) >= 11 is 6.08. The van der Waals surface area contributed by atoms with Gasteiger partial charge in [0.2, 0.25) is 5.91 Å². The molecule has 1 heterocycles. The average molecular weight is 269 g/mol. The number of para-hydroxylation sites is 1. The summed E-state index contributed by atoms with van der Waals surface area (Å²) in [5.41, 5.74) is 1.38. The van der Waals surface area contributed by atoms with Gasteiger partial charge in [-0.1, -0.05) is 17.7 Å². The van der Waals surface area contributed by atoms with Crippen LogP contribution in [-0.4, -0.2) is 37.1 Å². The Morgan fingerprint density at radius 3 is 2.72 bits per heavy atom. The number of hydrogen-bond donors (Lipinski definition) is 1. The number of benzene rings is 1. The first-order chi connectivity index (χ1) is 8.43. The van der Waals surface area contributed by atoms with Crippen molar-refractivity contribution in [2.24, 2.45) is 0 Å². The van der Waals surface area contributed by atoms with Gasteiger partial charge in [-0.25, -0.2) is 0 Å². The molecule has 1 amide bonds. The highest BCUT2D eigenvalue weighted by molar-refractivity contribution is 6.35. The van der Waals surface area contributed by atoms with Gasteiger partial charge < -0.3 is 14.9 Å². The van der Waals surface area contributed by atoms with Gasteiger partial charge in [-0.05, 0) is 12.1 Å². The van der Waals surface area contributed by atoms with E-state index in [1.807, 2.05) is 6.07 Å². The minimum absolute atomic E-state index is 0.231. The first-order valence-electron chi connectivity index (χ1n) is 5.44. The Morgan fingerprint density at radius 1 is 1.44 bits per heavy atom. The van der Waals surface area contributed by atoms with Gasteiger partial charge in [0.1, 0.15) is 6.04 Å². The number of rotatable bonds is 2. The topological polar surface area (TPSA) is 60.9 Å². The molecule has 1 N–H and O–H groups in total. The molecule has 0 aliphatic carbocycles. The summed E-state index contributed by atoms with van der Waals surface area (Å²) in [6.07, 6.45) is -0.231. The number of aliphatic carboxylic acids is 1. The molecule has 1 aliphatic heterocycles. The van der Waals surface area contributed by atoms with Crippen LogP contribution < -0.4 is 9.80 Å². The summed E-state index contributed by atoms with van der Waals surface area (Å²) in [4.78, 5) is 26.1. The molecule has 1 unspecified atom stereocenters. The minimum atomic E-state index is -1.00.